The fourth-order valence-corrected chi connectivity index (χ4v) is 4.63. The van der Waals surface area contributed by atoms with Crippen LogP contribution in [0.15, 0.2) is 77.7 Å². The van der Waals surface area contributed by atoms with Gasteiger partial charge in [-0.3, -0.25) is 4.79 Å². The Kier molecular flexibility index (Phi) is 7.41. The van der Waals surface area contributed by atoms with Crippen LogP contribution in [-0.4, -0.2) is 25.2 Å². The summed E-state index contributed by atoms with van der Waals surface area (Å²) in [6, 6.07) is 22.9. The molecule has 0 fully saturated rings. The maximum atomic E-state index is 13.0. The number of anilines is 1. The van der Waals surface area contributed by atoms with Crippen LogP contribution in [0.4, 0.5) is 5.69 Å². The van der Waals surface area contributed by atoms with Crippen molar-refractivity contribution in [1.29, 1.82) is 5.26 Å². The van der Waals surface area contributed by atoms with Gasteiger partial charge in [0.25, 0.3) is 5.91 Å². The molecule has 1 amide bonds. The topological polar surface area (TPSA) is 90.3 Å². The van der Waals surface area contributed by atoms with Crippen molar-refractivity contribution < 1.29 is 13.2 Å². The summed E-state index contributed by atoms with van der Waals surface area (Å²) in [5.41, 5.74) is 3.79. The van der Waals surface area contributed by atoms with E-state index >= 15 is 0 Å². The Bertz CT molecular complexity index is 1210. The Labute approximate surface area is 189 Å². The lowest BCUT2D eigenvalue weighted by Gasteiger charge is -2.21. The van der Waals surface area contributed by atoms with Crippen LogP contribution in [0, 0.1) is 18.3 Å². The molecule has 0 aliphatic rings. The molecule has 0 bridgehead atoms. The number of nitrogens with zero attached hydrogens (tertiary/aromatic N) is 2. The minimum Gasteiger partial charge on any atom is -0.322 e. The van der Waals surface area contributed by atoms with Gasteiger partial charge in [-0.15, -0.1) is 0 Å². The Balaban J connectivity index is 1.68. The lowest BCUT2D eigenvalue weighted by atomic mass is 10.1. The summed E-state index contributed by atoms with van der Waals surface area (Å²) in [5, 5.41) is 11.6. The highest BCUT2D eigenvalue weighted by atomic mass is 32.2. The number of sulfonamides is 1. The largest absolute Gasteiger partial charge is 0.322 e. The fraction of sp³-hybridized carbons (Fsp3) is 0.200. The molecule has 0 heterocycles. The minimum atomic E-state index is -3.61. The highest BCUT2D eigenvalue weighted by Crippen LogP contribution is 2.19. The molecule has 32 heavy (non-hydrogen) atoms. The number of carbonyl (C=O) groups excluding carboxylic acids is 1. The minimum absolute atomic E-state index is 0.217. The molecule has 3 aromatic rings. The third-order valence-corrected chi connectivity index (χ3v) is 7.02. The third kappa shape index (κ3) is 5.61. The summed E-state index contributed by atoms with van der Waals surface area (Å²) in [7, 11) is -3.61. The first-order valence-electron chi connectivity index (χ1n) is 10.3. The van der Waals surface area contributed by atoms with Gasteiger partial charge >= 0.3 is 0 Å². The molecule has 0 spiro atoms. The lowest BCUT2D eigenvalue weighted by molar-refractivity contribution is 0.102. The molecule has 0 aliphatic carbocycles. The van der Waals surface area contributed by atoms with Crippen LogP contribution in [0.3, 0.4) is 0 Å². The number of aryl methyl sites for hydroxylation is 1. The van der Waals surface area contributed by atoms with Gasteiger partial charge in [0.2, 0.25) is 10.0 Å². The van der Waals surface area contributed by atoms with Gasteiger partial charge in [0.05, 0.1) is 17.4 Å². The van der Waals surface area contributed by atoms with Crippen molar-refractivity contribution >= 4 is 21.6 Å². The molecule has 0 saturated heterocycles. The summed E-state index contributed by atoms with van der Waals surface area (Å²) in [4.78, 5) is 12.8. The summed E-state index contributed by atoms with van der Waals surface area (Å²) < 4.78 is 27.3. The third-order valence-electron chi connectivity index (χ3n) is 5.08. The van der Waals surface area contributed by atoms with Crippen molar-refractivity contribution in [3.63, 3.8) is 0 Å². The molecule has 0 atom stereocenters. The quantitative estimate of drug-likeness (QED) is 0.549. The van der Waals surface area contributed by atoms with Gasteiger partial charge in [0.1, 0.15) is 0 Å². The van der Waals surface area contributed by atoms with Crippen molar-refractivity contribution in [2.45, 2.75) is 31.7 Å². The molecule has 3 aromatic carbocycles. The van der Waals surface area contributed by atoms with Crippen LogP contribution in [0.25, 0.3) is 0 Å². The van der Waals surface area contributed by atoms with E-state index in [9.17, 15) is 13.2 Å². The molecular weight excluding hydrogens is 422 g/mol. The summed E-state index contributed by atoms with van der Waals surface area (Å²) in [6.07, 6.45) is 0.324. The molecule has 3 rings (SSSR count). The number of amides is 1. The molecule has 0 saturated carbocycles. The summed E-state index contributed by atoms with van der Waals surface area (Å²) in [6.45, 7) is 4.26. The van der Waals surface area contributed by atoms with Gasteiger partial charge in [0, 0.05) is 24.3 Å². The Morgan fingerprint density at radius 3 is 2.09 bits per heavy atom. The van der Waals surface area contributed by atoms with Gasteiger partial charge < -0.3 is 5.32 Å². The molecule has 0 unspecified atom stereocenters. The fourth-order valence-electron chi connectivity index (χ4n) is 3.19. The molecule has 0 aliphatic heterocycles. The zero-order chi connectivity index (χ0) is 23.1. The molecule has 6 nitrogen and oxygen atoms in total. The SMILES string of the molecule is CCN(Cc1ccc(C(=O)Nc2ccc(CC#N)cc2)cc1)S(=O)(=O)c1ccc(C)cc1. The van der Waals surface area contributed by atoms with Gasteiger partial charge in [0.15, 0.2) is 0 Å². The molecule has 0 aromatic heterocycles. The van der Waals surface area contributed by atoms with Gasteiger partial charge in [-0.25, -0.2) is 8.42 Å². The number of hydrogen-bond donors (Lipinski definition) is 1. The second-order valence-corrected chi connectivity index (χ2v) is 9.37. The van der Waals surface area contributed by atoms with E-state index in [1.165, 1.54) is 4.31 Å². The van der Waals surface area contributed by atoms with Gasteiger partial charge in [-0.05, 0) is 54.4 Å². The van der Waals surface area contributed by atoms with Crippen LogP contribution < -0.4 is 5.32 Å². The number of hydrogen-bond acceptors (Lipinski definition) is 4. The van der Waals surface area contributed by atoms with Crippen LogP contribution in [0.1, 0.15) is 34.0 Å². The highest BCUT2D eigenvalue weighted by Gasteiger charge is 2.23. The first kappa shape index (κ1) is 23.2. The van der Waals surface area contributed by atoms with Crippen molar-refractivity contribution in [3.8, 4) is 6.07 Å². The van der Waals surface area contributed by atoms with Crippen LogP contribution >= 0.6 is 0 Å². The Morgan fingerprint density at radius 1 is 0.938 bits per heavy atom. The number of benzene rings is 3. The predicted octanol–water partition coefficient (Wildman–Crippen LogP) is 4.52. The zero-order valence-corrected chi connectivity index (χ0v) is 18.9. The van der Waals surface area contributed by atoms with E-state index in [1.807, 2.05) is 6.92 Å². The smallest absolute Gasteiger partial charge is 0.255 e. The number of nitrogens with one attached hydrogen (secondary N) is 1. The van der Waals surface area contributed by atoms with E-state index < -0.39 is 10.0 Å². The van der Waals surface area contributed by atoms with E-state index in [0.29, 0.717) is 24.2 Å². The number of nitriles is 1. The van der Waals surface area contributed by atoms with Crippen LogP contribution in [-0.2, 0) is 23.0 Å². The average Bonchev–Trinajstić information content (AvgIpc) is 2.79. The van der Waals surface area contributed by atoms with E-state index in [0.717, 1.165) is 16.7 Å². The van der Waals surface area contributed by atoms with Gasteiger partial charge in [-0.1, -0.05) is 48.9 Å². The number of rotatable bonds is 8. The predicted molar refractivity (Wildman–Crippen MR) is 125 cm³/mol. The van der Waals surface area contributed by atoms with E-state index in [1.54, 1.807) is 79.7 Å². The normalized spacial score (nSPS) is 11.2. The van der Waals surface area contributed by atoms with Crippen LogP contribution in [0.2, 0.25) is 0 Å². The lowest BCUT2D eigenvalue weighted by Crippen LogP contribution is -2.30. The van der Waals surface area contributed by atoms with Crippen LogP contribution in [0.5, 0.6) is 0 Å². The molecule has 164 valence electrons. The first-order chi connectivity index (χ1) is 15.3. The van der Waals surface area contributed by atoms with E-state index in [4.69, 9.17) is 5.26 Å². The number of carbonyl (C=O) groups is 1. The zero-order valence-electron chi connectivity index (χ0n) is 18.1. The van der Waals surface area contributed by atoms with E-state index in [-0.39, 0.29) is 17.3 Å². The first-order valence-corrected chi connectivity index (χ1v) is 11.7. The molecule has 7 heteroatoms. The molecular formula is C25H25N3O3S. The van der Waals surface area contributed by atoms with Crippen molar-refractivity contribution in [1.82, 2.24) is 4.31 Å². The second-order valence-electron chi connectivity index (χ2n) is 7.43. The van der Waals surface area contributed by atoms with E-state index in [2.05, 4.69) is 11.4 Å². The maximum absolute atomic E-state index is 13.0. The van der Waals surface area contributed by atoms with Gasteiger partial charge in [-0.2, -0.15) is 9.57 Å². The molecule has 1 N–H and O–H groups in total. The average molecular weight is 448 g/mol. The summed E-state index contributed by atoms with van der Waals surface area (Å²) >= 11 is 0. The maximum Gasteiger partial charge on any atom is 0.255 e. The monoisotopic (exact) mass is 447 g/mol. The van der Waals surface area contributed by atoms with Crippen molar-refractivity contribution in [2.75, 3.05) is 11.9 Å². The Morgan fingerprint density at radius 2 is 1.53 bits per heavy atom. The standard InChI is InChI=1S/C25H25N3O3S/c1-3-28(32(30,31)24-14-4-19(2)5-15-24)18-21-6-10-22(11-7-21)25(29)27-23-12-8-20(9-13-23)16-17-26/h4-15H,3,16,18H2,1-2H3,(H,27,29). The second kappa shape index (κ2) is 10.2. The van der Waals surface area contributed by atoms with Crippen molar-refractivity contribution in [3.05, 3.63) is 95.1 Å². The molecule has 0 radical (unpaired) electrons. The summed E-state index contributed by atoms with van der Waals surface area (Å²) in [5.74, 6) is -0.260. The highest BCUT2D eigenvalue weighted by molar-refractivity contribution is 7.89. The van der Waals surface area contributed by atoms with Crippen molar-refractivity contribution in [2.24, 2.45) is 0 Å². The Hall–Kier alpha value is -3.47.